The summed E-state index contributed by atoms with van der Waals surface area (Å²) in [6.07, 6.45) is 1.30. The predicted molar refractivity (Wildman–Crippen MR) is 147 cm³/mol. The predicted octanol–water partition coefficient (Wildman–Crippen LogP) is 4.41. The summed E-state index contributed by atoms with van der Waals surface area (Å²) in [5.74, 6) is -2.19. The average Bonchev–Trinajstić information content (AvgIpc) is 3.24. The first-order chi connectivity index (χ1) is 18.2. The second-order valence-corrected chi connectivity index (χ2v) is 11.9. The van der Waals surface area contributed by atoms with Gasteiger partial charge < -0.3 is 19.9 Å². The fraction of sp³-hybridized carbons (Fsp3) is 0.308. The molecule has 0 unspecified atom stereocenters. The van der Waals surface area contributed by atoms with Gasteiger partial charge in [0.15, 0.2) is 17.2 Å². The van der Waals surface area contributed by atoms with Gasteiger partial charge in [-0.1, -0.05) is 54.1 Å². The highest BCUT2D eigenvalue weighted by Crippen LogP contribution is 2.46. The van der Waals surface area contributed by atoms with Crippen LogP contribution in [0.5, 0.6) is 5.75 Å². The molecule has 0 atom stereocenters. The molecule has 1 fully saturated rings. The molecule has 2 aromatic carbocycles. The number of hydrogen-bond donors (Lipinski definition) is 2. The molecule has 4 rings (SSSR count). The number of rotatable bonds is 10. The number of hydrogen-bond acceptors (Lipinski definition) is 8. The molecule has 12 heteroatoms. The van der Waals surface area contributed by atoms with Gasteiger partial charge in [-0.2, -0.15) is 0 Å². The quantitative estimate of drug-likeness (QED) is 0.339. The van der Waals surface area contributed by atoms with Crippen molar-refractivity contribution in [3.8, 4) is 16.2 Å². The van der Waals surface area contributed by atoms with Crippen LogP contribution < -0.4 is 14.4 Å². The maximum atomic E-state index is 13.8. The summed E-state index contributed by atoms with van der Waals surface area (Å²) in [6, 6.07) is 15.7. The minimum Gasteiger partial charge on any atom is -0.479 e. The normalized spacial score (nSPS) is 14.2. The molecular formula is C26H27ClN2O7S2. The van der Waals surface area contributed by atoms with Crippen LogP contribution >= 0.6 is 22.9 Å². The molecule has 0 amide bonds. The highest BCUT2D eigenvalue weighted by molar-refractivity contribution is 7.92. The van der Waals surface area contributed by atoms with Crippen molar-refractivity contribution in [2.75, 3.05) is 31.1 Å². The largest absolute Gasteiger partial charge is 0.479 e. The lowest BCUT2D eigenvalue weighted by atomic mass is 10.1. The first-order valence-corrected chi connectivity index (χ1v) is 14.6. The number of aliphatic carboxylic acids is 1. The van der Waals surface area contributed by atoms with Crippen molar-refractivity contribution in [3.63, 3.8) is 0 Å². The van der Waals surface area contributed by atoms with Gasteiger partial charge in [0.25, 0.3) is 0 Å². The van der Waals surface area contributed by atoms with Gasteiger partial charge in [0.2, 0.25) is 10.0 Å². The number of carbonyl (C=O) groups excluding carboxylic acids is 1. The van der Waals surface area contributed by atoms with E-state index in [0.29, 0.717) is 47.6 Å². The van der Waals surface area contributed by atoms with Crippen molar-refractivity contribution in [2.24, 2.45) is 0 Å². The fourth-order valence-electron chi connectivity index (χ4n) is 4.35. The zero-order valence-corrected chi connectivity index (χ0v) is 22.9. The van der Waals surface area contributed by atoms with Crippen molar-refractivity contribution in [1.82, 2.24) is 5.32 Å². The molecular weight excluding hydrogens is 552 g/mol. The van der Waals surface area contributed by atoms with Crippen molar-refractivity contribution in [2.45, 2.75) is 24.6 Å². The molecule has 202 valence electrons. The Labute approximate surface area is 230 Å². The van der Waals surface area contributed by atoms with Crippen molar-refractivity contribution in [1.29, 1.82) is 0 Å². The topological polar surface area (TPSA) is 122 Å². The van der Waals surface area contributed by atoms with Crippen LogP contribution in [0.15, 0.2) is 54.6 Å². The van der Waals surface area contributed by atoms with Gasteiger partial charge >= 0.3 is 11.9 Å². The number of nitrogens with one attached hydrogen (secondary N) is 1. The van der Waals surface area contributed by atoms with E-state index in [0.717, 1.165) is 11.3 Å². The van der Waals surface area contributed by atoms with E-state index in [4.69, 9.17) is 26.2 Å². The summed E-state index contributed by atoms with van der Waals surface area (Å²) in [5, 5.41) is 12.4. The average molecular weight is 579 g/mol. The second-order valence-electron chi connectivity index (χ2n) is 8.65. The van der Waals surface area contributed by atoms with E-state index in [9.17, 15) is 18.0 Å². The lowest BCUT2D eigenvalue weighted by Crippen LogP contribution is -2.46. The van der Waals surface area contributed by atoms with Gasteiger partial charge in [0, 0.05) is 6.04 Å². The van der Waals surface area contributed by atoms with Gasteiger partial charge in [-0.25, -0.2) is 18.0 Å². The first kappa shape index (κ1) is 27.9. The van der Waals surface area contributed by atoms with Crippen molar-refractivity contribution >= 4 is 50.6 Å². The molecule has 1 aliphatic heterocycles. The zero-order chi connectivity index (χ0) is 27.3. The molecule has 0 bridgehead atoms. The number of halogens is 1. The summed E-state index contributed by atoms with van der Waals surface area (Å²) < 4.78 is 39.2. The maximum absolute atomic E-state index is 13.8. The molecule has 0 radical (unpaired) electrons. The van der Waals surface area contributed by atoms with Crippen LogP contribution in [0.3, 0.4) is 0 Å². The standard InChI is InChI=1S/C26H27ClN2O7S2/c1-35-26(32)25-23(36-15-21(30)31)22(27)24(37-25)18-8-5-9-20(14-18)29(19-10-12-28-13-11-19)38(33,34)16-17-6-3-2-4-7-17/h2-9,14,19,28H,10-13,15-16H2,1H3,(H,30,31). The number of piperidine rings is 1. The van der Waals surface area contributed by atoms with Gasteiger partial charge in [-0.05, 0) is 49.2 Å². The molecule has 1 saturated heterocycles. The van der Waals surface area contributed by atoms with Gasteiger partial charge in [-0.15, -0.1) is 11.3 Å². The lowest BCUT2D eigenvalue weighted by molar-refractivity contribution is -0.139. The number of carbonyl (C=O) groups is 2. The minimum atomic E-state index is -3.76. The number of carboxylic acid groups (broad SMARTS) is 1. The van der Waals surface area contributed by atoms with Gasteiger partial charge in [0.05, 0.1) is 23.4 Å². The molecule has 1 aromatic heterocycles. The van der Waals surface area contributed by atoms with Crippen LogP contribution in [-0.2, 0) is 25.3 Å². The van der Waals surface area contributed by atoms with E-state index < -0.39 is 28.6 Å². The Hall–Kier alpha value is -3.12. The van der Waals surface area contributed by atoms with E-state index in [2.05, 4.69) is 5.32 Å². The number of anilines is 1. The Balaban J connectivity index is 1.77. The monoisotopic (exact) mass is 578 g/mol. The van der Waals surface area contributed by atoms with Crippen LogP contribution in [0.1, 0.15) is 28.1 Å². The number of sulfonamides is 1. The van der Waals surface area contributed by atoms with E-state index in [1.807, 2.05) is 18.2 Å². The molecule has 0 aliphatic carbocycles. The maximum Gasteiger partial charge on any atom is 0.351 e. The van der Waals surface area contributed by atoms with E-state index in [-0.39, 0.29) is 27.4 Å². The number of carboxylic acids is 1. The third-order valence-electron chi connectivity index (χ3n) is 6.01. The van der Waals surface area contributed by atoms with E-state index in [1.165, 1.54) is 11.4 Å². The SMILES string of the molecule is COC(=O)c1sc(-c2cccc(N(C3CCNCC3)S(=O)(=O)Cc3ccccc3)c2)c(Cl)c1OCC(=O)O. The van der Waals surface area contributed by atoms with Crippen LogP contribution in [0.4, 0.5) is 5.69 Å². The summed E-state index contributed by atoms with van der Waals surface area (Å²) in [5.41, 5.74) is 1.72. The molecule has 2 heterocycles. The Morgan fingerprint density at radius 1 is 1.13 bits per heavy atom. The molecule has 9 nitrogen and oxygen atoms in total. The number of esters is 1. The fourth-order valence-corrected chi connectivity index (χ4v) is 7.68. The molecule has 2 N–H and O–H groups in total. The third kappa shape index (κ3) is 6.29. The smallest absolute Gasteiger partial charge is 0.351 e. The Morgan fingerprint density at radius 2 is 1.84 bits per heavy atom. The summed E-state index contributed by atoms with van der Waals surface area (Å²) in [7, 11) is -2.56. The van der Waals surface area contributed by atoms with Crippen LogP contribution in [0.2, 0.25) is 5.02 Å². The molecule has 3 aromatic rings. The van der Waals surface area contributed by atoms with Gasteiger partial charge in [0.1, 0.15) is 5.02 Å². The van der Waals surface area contributed by atoms with Crippen LogP contribution in [0, 0.1) is 0 Å². The number of benzene rings is 2. The summed E-state index contributed by atoms with van der Waals surface area (Å²) in [6.45, 7) is 0.706. The molecule has 0 spiro atoms. The van der Waals surface area contributed by atoms with E-state index >= 15 is 0 Å². The molecule has 1 aliphatic rings. The van der Waals surface area contributed by atoms with Crippen LogP contribution in [0.25, 0.3) is 10.4 Å². The summed E-state index contributed by atoms with van der Waals surface area (Å²) >= 11 is 7.56. The first-order valence-electron chi connectivity index (χ1n) is 11.8. The zero-order valence-electron chi connectivity index (χ0n) is 20.6. The number of methoxy groups -OCH3 is 1. The molecule has 38 heavy (non-hydrogen) atoms. The van der Waals surface area contributed by atoms with E-state index in [1.54, 1.807) is 36.4 Å². The minimum absolute atomic E-state index is 0.0195. The Bertz CT molecular complexity index is 1400. The summed E-state index contributed by atoms with van der Waals surface area (Å²) in [4.78, 5) is 23.9. The van der Waals surface area contributed by atoms with Crippen molar-refractivity contribution < 1.29 is 32.6 Å². The highest BCUT2D eigenvalue weighted by atomic mass is 35.5. The third-order valence-corrected chi connectivity index (χ3v) is 9.49. The second kappa shape index (κ2) is 12.2. The molecule has 0 saturated carbocycles. The lowest BCUT2D eigenvalue weighted by Gasteiger charge is -2.35. The highest BCUT2D eigenvalue weighted by Gasteiger charge is 2.32. The van der Waals surface area contributed by atoms with Gasteiger partial charge in [-0.3, -0.25) is 4.31 Å². The Morgan fingerprint density at radius 3 is 2.50 bits per heavy atom. The van der Waals surface area contributed by atoms with Crippen molar-refractivity contribution in [3.05, 3.63) is 70.1 Å². The number of ether oxygens (including phenoxy) is 2. The number of thiophene rings is 1. The number of nitrogens with zero attached hydrogens (tertiary/aromatic N) is 1. The van der Waals surface area contributed by atoms with Crippen LogP contribution in [-0.4, -0.2) is 58.3 Å². The Kier molecular flexibility index (Phi) is 8.93.